The van der Waals surface area contributed by atoms with Gasteiger partial charge < -0.3 is 56.7 Å². The minimum Gasteiger partial charge on any atom is -0.491 e. The average molecular weight is 865 g/mol. The first-order valence-corrected chi connectivity index (χ1v) is 20.0. The average Bonchev–Trinajstić information content (AvgIpc) is 3.59. The van der Waals surface area contributed by atoms with E-state index >= 15 is 0 Å². The van der Waals surface area contributed by atoms with Crippen LogP contribution in [-0.4, -0.2) is 87.9 Å². The monoisotopic (exact) mass is 864 g/mol. The van der Waals surface area contributed by atoms with Crippen LogP contribution in [0, 0.1) is 0 Å². The summed E-state index contributed by atoms with van der Waals surface area (Å²) in [6.07, 6.45) is -0.489. The molecule has 0 radical (unpaired) electrons. The molecule has 6 aromatic rings. The van der Waals surface area contributed by atoms with E-state index < -0.39 is 41.4 Å². The number of anilines is 4. The first-order valence-electron chi connectivity index (χ1n) is 20.0. The lowest BCUT2D eigenvalue weighted by molar-refractivity contribution is -0.131. The standard InChI is InChI=1S/C49H44N4O11/c50-33-19-29(47(59)60)20-34(23-33)51-25-37(54)27-63-39-13-9-31(10-14-39)49(43-7-3-1-5-41(43)42-6-2-4-8-44(42)49)32-11-15-40(16-12-32)64-28-38(55)26-52-35-21-30(48(61)62)22-36(24-35)53-45(56)17-18-46(57)58/h1-24,37-38,51-52,54-55H,25-28,50H2,(H,53,56)(H,57,58)(H,59,60)(H,61,62)/b18-17+. The first kappa shape index (κ1) is 43.9. The molecule has 0 aliphatic heterocycles. The van der Waals surface area contributed by atoms with E-state index in [1.165, 1.54) is 30.3 Å². The van der Waals surface area contributed by atoms with E-state index in [9.17, 15) is 39.6 Å². The fourth-order valence-electron chi connectivity index (χ4n) is 7.73. The van der Waals surface area contributed by atoms with Crippen molar-refractivity contribution in [2.24, 2.45) is 0 Å². The Morgan fingerprint density at radius 1 is 0.578 bits per heavy atom. The number of ether oxygens (including phenoxy) is 2. The van der Waals surface area contributed by atoms with Crippen LogP contribution < -0.4 is 31.2 Å². The predicted molar refractivity (Wildman–Crippen MR) is 240 cm³/mol. The lowest BCUT2D eigenvalue weighted by Gasteiger charge is -2.34. The molecule has 0 spiro atoms. The molecule has 15 heteroatoms. The van der Waals surface area contributed by atoms with E-state index in [0.717, 1.165) is 39.5 Å². The summed E-state index contributed by atoms with van der Waals surface area (Å²) in [7, 11) is 0. The van der Waals surface area contributed by atoms with Crippen LogP contribution in [0.2, 0.25) is 0 Å². The molecule has 2 atom stereocenters. The van der Waals surface area contributed by atoms with Gasteiger partial charge in [-0.3, -0.25) is 4.79 Å². The Balaban J connectivity index is 1.04. The number of rotatable bonds is 19. The molecule has 2 unspecified atom stereocenters. The molecule has 1 aliphatic rings. The third kappa shape index (κ3) is 9.97. The van der Waals surface area contributed by atoms with E-state index in [4.69, 9.17) is 20.3 Å². The van der Waals surface area contributed by atoms with Crippen LogP contribution in [0.25, 0.3) is 11.1 Å². The number of aromatic carboxylic acids is 2. The zero-order valence-corrected chi connectivity index (χ0v) is 34.1. The molecule has 0 bridgehead atoms. The molecule has 0 fully saturated rings. The summed E-state index contributed by atoms with van der Waals surface area (Å²) in [5, 5.41) is 57.6. The Morgan fingerprint density at radius 2 is 1.03 bits per heavy atom. The number of aliphatic hydroxyl groups excluding tert-OH is 2. The van der Waals surface area contributed by atoms with E-state index in [1.807, 2.05) is 72.8 Å². The molecule has 1 aliphatic carbocycles. The number of fused-ring (bicyclic) bond motifs is 3. The summed E-state index contributed by atoms with van der Waals surface area (Å²) in [5.41, 5.74) is 12.4. The van der Waals surface area contributed by atoms with Crippen molar-refractivity contribution >= 4 is 46.6 Å². The third-order valence-electron chi connectivity index (χ3n) is 10.5. The highest BCUT2D eigenvalue weighted by Crippen LogP contribution is 2.56. The number of carboxylic acid groups (broad SMARTS) is 3. The van der Waals surface area contributed by atoms with Crippen LogP contribution >= 0.6 is 0 Å². The number of nitrogens with two attached hydrogens (primary N) is 1. The molecule has 0 aromatic heterocycles. The summed E-state index contributed by atoms with van der Waals surface area (Å²) < 4.78 is 12.0. The zero-order valence-electron chi connectivity index (χ0n) is 34.1. The molecule has 0 saturated carbocycles. The molecular weight excluding hydrogens is 821 g/mol. The summed E-state index contributed by atoms with van der Waals surface area (Å²) in [4.78, 5) is 46.0. The lowest BCUT2D eigenvalue weighted by Crippen LogP contribution is -2.29. The van der Waals surface area contributed by atoms with Crippen molar-refractivity contribution in [1.82, 2.24) is 0 Å². The quantitative estimate of drug-likeness (QED) is 0.0319. The van der Waals surface area contributed by atoms with Gasteiger partial charge in [0.25, 0.3) is 0 Å². The number of hydrogen-bond donors (Lipinski definition) is 9. The van der Waals surface area contributed by atoms with Crippen molar-refractivity contribution in [2.45, 2.75) is 17.6 Å². The smallest absolute Gasteiger partial charge is 0.335 e. The highest BCUT2D eigenvalue weighted by Gasteiger charge is 2.45. The van der Waals surface area contributed by atoms with Crippen molar-refractivity contribution in [2.75, 3.05) is 48.0 Å². The molecule has 6 aromatic carbocycles. The van der Waals surface area contributed by atoms with Gasteiger partial charge in [0, 0.05) is 48.0 Å². The van der Waals surface area contributed by atoms with Gasteiger partial charge in [0.1, 0.15) is 36.9 Å². The summed E-state index contributed by atoms with van der Waals surface area (Å²) in [6.45, 7) is -0.0726. The van der Waals surface area contributed by atoms with Gasteiger partial charge in [0.05, 0.1) is 16.5 Å². The summed E-state index contributed by atoms with van der Waals surface area (Å²) in [6, 6.07) is 40.3. The molecule has 0 saturated heterocycles. The minimum absolute atomic E-state index is 0.0295. The zero-order chi connectivity index (χ0) is 45.4. The number of amides is 1. The van der Waals surface area contributed by atoms with Crippen LogP contribution in [-0.2, 0) is 15.0 Å². The van der Waals surface area contributed by atoms with Gasteiger partial charge >= 0.3 is 17.9 Å². The molecule has 64 heavy (non-hydrogen) atoms. The van der Waals surface area contributed by atoms with Crippen molar-refractivity contribution in [1.29, 1.82) is 0 Å². The van der Waals surface area contributed by atoms with Gasteiger partial charge in [-0.25, -0.2) is 14.4 Å². The molecule has 1 amide bonds. The number of nitrogens with one attached hydrogen (secondary N) is 3. The van der Waals surface area contributed by atoms with E-state index in [0.29, 0.717) is 28.9 Å². The number of nitrogen functional groups attached to an aromatic ring is 1. The normalized spacial score (nSPS) is 13.2. The molecule has 326 valence electrons. The van der Waals surface area contributed by atoms with Crippen molar-refractivity contribution in [3.63, 3.8) is 0 Å². The Labute approximate surface area is 367 Å². The molecule has 10 N–H and O–H groups in total. The maximum Gasteiger partial charge on any atom is 0.335 e. The van der Waals surface area contributed by atoms with Gasteiger partial charge in [0.2, 0.25) is 5.91 Å². The number of carbonyl (C=O) groups is 4. The van der Waals surface area contributed by atoms with Crippen LogP contribution in [0.15, 0.2) is 146 Å². The van der Waals surface area contributed by atoms with Crippen LogP contribution in [0.4, 0.5) is 22.7 Å². The van der Waals surface area contributed by atoms with Crippen LogP contribution in [0.1, 0.15) is 43.0 Å². The van der Waals surface area contributed by atoms with Crippen LogP contribution in [0.5, 0.6) is 11.5 Å². The number of aliphatic hydroxyl groups is 2. The predicted octanol–water partition coefficient (Wildman–Crippen LogP) is 6.31. The van der Waals surface area contributed by atoms with Gasteiger partial charge in [-0.05, 0) is 94.0 Å². The maximum absolute atomic E-state index is 12.1. The molecular formula is C49H44N4O11. The van der Waals surface area contributed by atoms with E-state index in [2.05, 4.69) is 40.2 Å². The third-order valence-corrected chi connectivity index (χ3v) is 10.5. The highest BCUT2D eigenvalue weighted by molar-refractivity contribution is 6.03. The van der Waals surface area contributed by atoms with Crippen molar-refractivity contribution < 1.29 is 54.2 Å². The number of hydrogen-bond acceptors (Lipinski definition) is 11. The Morgan fingerprint density at radius 3 is 1.52 bits per heavy atom. The largest absolute Gasteiger partial charge is 0.491 e. The summed E-state index contributed by atoms with van der Waals surface area (Å²) >= 11 is 0. The van der Waals surface area contributed by atoms with E-state index in [-0.39, 0.29) is 48.8 Å². The SMILES string of the molecule is Nc1cc(NCC(O)COc2ccc(C3(c4ccc(OCC(O)CNc5cc(NC(=O)/C=C/C(=O)O)cc(C(=O)O)c5)cc4)c4ccccc4-c4ccccc43)cc2)cc(C(=O)O)c1. The highest BCUT2D eigenvalue weighted by atomic mass is 16.5. The molecule has 15 nitrogen and oxygen atoms in total. The van der Waals surface area contributed by atoms with Gasteiger partial charge in [-0.2, -0.15) is 0 Å². The second-order valence-electron chi connectivity index (χ2n) is 15.0. The van der Waals surface area contributed by atoms with Gasteiger partial charge in [-0.15, -0.1) is 0 Å². The minimum atomic E-state index is -1.31. The number of benzene rings is 6. The second kappa shape index (κ2) is 19.3. The molecule has 0 heterocycles. The fraction of sp³-hybridized carbons (Fsp3) is 0.143. The Kier molecular flexibility index (Phi) is 13.2. The second-order valence-corrected chi connectivity index (χ2v) is 15.0. The number of carboxylic acids is 3. The van der Waals surface area contributed by atoms with E-state index in [1.54, 1.807) is 6.07 Å². The fourth-order valence-corrected chi connectivity index (χ4v) is 7.73. The lowest BCUT2D eigenvalue weighted by atomic mass is 9.68. The first-order chi connectivity index (χ1) is 30.8. The van der Waals surface area contributed by atoms with Crippen molar-refractivity contribution in [3.05, 3.63) is 179 Å². The topological polar surface area (TPSA) is 250 Å². The number of aliphatic carboxylic acids is 1. The van der Waals surface area contributed by atoms with Gasteiger partial charge in [0.15, 0.2) is 0 Å². The number of carbonyl (C=O) groups excluding carboxylic acids is 1. The molecule has 7 rings (SSSR count). The Hall–Kier alpha value is -8.14. The maximum atomic E-state index is 12.1. The Bertz CT molecular complexity index is 2670. The van der Waals surface area contributed by atoms with Crippen molar-refractivity contribution in [3.8, 4) is 22.6 Å². The van der Waals surface area contributed by atoms with Crippen LogP contribution in [0.3, 0.4) is 0 Å². The summed E-state index contributed by atoms with van der Waals surface area (Å²) in [5.74, 6) is -3.40. The van der Waals surface area contributed by atoms with Gasteiger partial charge in [-0.1, -0.05) is 72.8 Å².